The molecule has 2 N–H and O–H groups in total. The van der Waals surface area contributed by atoms with Crippen LogP contribution < -0.4 is 5.32 Å². The molecule has 8 nitrogen and oxygen atoms in total. The van der Waals surface area contributed by atoms with E-state index in [0.29, 0.717) is 10.6 Å². The summed E-state index contributed by atoms with van der Waals surface area (Å²) < 4.78 is 49.8. The first-order valence-corrected chi connectivity index (χ1v) is 17.5. The van der Waals surface area contributed by atoms with E-state index in [9.17, 15) is 27.9 Å². The maximum atomic E-state index is 14.5. The lowest BCUT2D eigenvalue weighted by Crippen LogP contribution is -2.49. The average molecular weight is 621 g/mol. The molecule has 1 fully saturated rings. The lowest BCUT2D eigenvalue weighted by Gasteiger charge is -2.38. The third-order valence-electron chi connectivity index (χ3n) is 9.52. The molecule has 43 heavy (non-hydrogen) atoms. The van der Waals surface area contributed by atoms with Crippen molar-refractivity contribution in [3.05, 3.63) is 59.4 Å². The number of alkyl halides is 3. The highest BCUT2D eigenvalue weighted by atomic mass is 28.4. The van der Waals surface area contributed by atoms with Crippen molar-refractivity contribution < 1.29 is 32.3 Å². The second kappa shape index (κ2) is 11.4. The zero-order valence-electron chi connectivity index (χ0n) is 26.1. The molecule has 0 bridgehead atoms. The summed E-state index contributed by atoms with van der Waals surface area (Å²) in [5.41, 5.74) is 2.49. The Balaban J connectivity index is 1.52. The van der Waals surface area contributed by atoms with E-state index in [0.717, 1.165) is 18.4 Å². The van der Waals surface area contributed by atoms with Crippen LogP contribution in [-0.2, 0) is 21.1 Å². The molecule has 1 saturated heterocycles. The van der Waals surface area contributed by atoms with Gasteiger partial charge in [0.25, 0.3) is 0 Å². The van der Waals surface area contributed by atoms with Crippen LogP contribution in [0, 0.1) is 0 Å². The van der Waals surface area contributed by atoms with Gasteiger partial charge in [0.1, 0.15) is 6.04 Å². The van der Waals surface area contributed by atoms with Gasteiger partial charge in [0, 0.05) is 31.5 Å². The SMILES string of the molecule is CN(C(=O)[C@@H]1C[C@@H](O[Si](C)(C)C(C)(C)C)CN1C(=O)O)[C@@H](c1ccc(N[C@H]2Cc3ccccc3C2(C)C)cn1)C(F)(F)F. The molecular weight excluding hydrogens is 577 g/mol. The van der Waals surface area contributed by atoms with Gasteiger partial charge in [-0.25, -0.2) is 4.79 Å². The highest BCUT2D eigenvalue weighted by Gasteiger charge is 2.51. The van der Waals surface area contributed by atoms with Gasteiger partial charge in [-0.3, -0.25) is 14.7 Å². The van der Waals surface area contributed by atoms with Crippen LogP contribution in [0.2, 0.25) is 18.1 Å². The number of amides is 2. The van der Waals surface area contributed by atoms with E-state index in [2.05, 4.69) is 36.3 Å². The highest BCUT2D eigenvalue weighted by molar-refractivity contribution is 6.74. The number of pyridine rings is 1. The zero-order chi connectivity index (χ0) is 32.1. The topological polar surface area (TPSA) is 95.0 Å². The van der Waals surface area contributed by atoms with Gasteiger partial charge in [-0.1, -0.05) is 58.9 Å². The minimum Gasteiger partial charge on any atom is -0.465 e. The number of nitrogens with zero attached hydrogens (tertiary/aromatic N) is 3. The Hall–Kier alpha value is -3.12. The van der Waals surface area contributed by atoms with Crippen molar-refractivity contribution in [2.75, 3.05) is 18.9 Å². The van der Waals surface area contributed by atoms with Gasteiger partial charge in [-0.15, -0.1) is 0 Å². The molecule has 2 heterocycles. The standard InChI is InChI=1S/C31H43F3N4O4Si/c1-29(2,3)43(7,8)42-21-16-24(38(18-21)28(40)41)27(39)37(6)26(31(32,33)34)23-14-13-20(17-35-23)36-25-15-19-11-9-10-12-22(19)30(25,4)5/h9-14,17,21,24-26,36H,15-16,18H2,1-8H3,(H,40,41)/t21-,24+,25+,26+/m1/s1. The first kappa shape index (κ1) is 32.8. The van der Waals surface area contributed by atoms with E-state index in [-0.39, 0.29) is 35.2 Å². The second-order valence-electron chi connectivity index (χ2n) is 13.8. The number of hydrogen-bond donors (Lipinski definition) is 2. The van der Waals surface area contributed by atoms with Gasteiger partial charge in [0.05, 0.1) is 23.7 Å². The molecule has 2 amide bonds. The van der Waals surface area contributed by atoms with Gasteiger partial charge in [-0.05, 0) is 47.8 Å². The molecule has 236 valence electrons. The van der Waals surface area contributed by atoms with E-state index in [1.807, 2.05) is 46.0 Å². The van der Waals surface area contributed by atoms with Crippen LogP contribution in [0.5, 0.6) is 0 Å². The van der Waals surface area contributed by atoms with Crippen LogP contribution in [0.1, 0.15) is 63.9 Å². The van der Waals surface area contributed by atoms with Crippen LogP contribution >= 0.6 is 0 Å². The maximum absolute atomic E-state index is 14.5. The number of likely N-dealkylation sites (tertiary alicyclic amines) is 1. The van der Waals surface area contributed by atoms with Crippen LogP contribution in [0.15, 0.2) is 42.6 Å². The molecule has 2 aromatic rings. The van der Waals surface area contributed by atoms with Gasteiger partial charge in [0.2, 0.25) is 5.91 Å². The number of carbonyl (C=O) groups excluding carboxylic acids is 1. The molecule has 4 rings (SSSR count). The lowest BCUT2D eigenvalue weighted by molar-refractivity contribution is -0.191. The van der Waals surface area contributed by atoms with Crippen LogP contribution in [0.25, 0.3) is 0 Å². The number of aromatic nitrogens is 1. The van der Waals surface area contributed by atoms with Crippen molar-refractivity contribution in [2.45, 2.75) is 101 Å². The predicted octanol–water partition coefficient (Wildman–Crippen LogP) is 6.60. The summed E-state index contributed by atoms with van der Waals surface area (Å²) in [7, 11) is -1.27. The monoisotopic (exact) mass is 620 g/mol. The van der Waals surface area contributed by atoms with Crippen molar-refractivity contribution in [3.8, 4) is 0 Å². The van der Waals surface area contributed by atoms with Crippen molar-refractivity contribution in [1.82, 2.24) is 14.8 Å². The van der Waals surface area contributed by atoms with Crippen LogP contribution in [0.4, 0.5) is 23.7 Å². The minimum absolute atomic E-state index is 0.0115. The Bertz CT molecular complexity index is 1340. The minimum atomic E-state index is -4.84. The molecule has 1 aromatic heterocycles. The number of nitrogens with one attached hydrogen (secondary N) is 1. The van der Waals surface area contributed by atoms with E-state index >= 15 is 0 Å². The summed E-state index contributed by atoms with van der Waals surface area (Å²) in [4.78, 5) is 31.2. The summed E-state index contributed by atoms with van der Waals surface area (Å²) in [6, 6.07) is 7.35. The summed E-state index contributed by atoms with van der Waals surface area (Å²) >= 11 is 0. The highest BCUT2D eigenvalue weighted by Crippen LogP contribution is 2.42. The van der Waals surface area contributed by atoms with Crippen LogP contribution in [-0.4, -0.2) is 78.2 Å². The zero-order valence-corrected chi connectivity index (χ0v) is 27.1. The van der Waals surface area contributed by atoms with Gasteiger partial charge in [0.15, 0.2) is 14.4 Å². The fourth-order valence-corrected chi connectivity index (χ4v) is 7.30. The van der Waals surface area contributed by atoms with Gasteiger partial charge in [-0.2, -0.15) is 13.2 Å². The summed E-state index contributed by atoms with van der Waals surface area (Å²) in [6.45, 7) is 14.3. The predicted molar refractivity (Wildman–Crippen MR) is 162 cm³/mol. The maximum Gasteiger partial charge on any atom is 0.414 e. The Morgan fingerprint density at radius 1 is 1.16 bits per heavy atom. The molecule has 0 saturated carbocycles. The molecule has 2 aliphatic rings. The molecule has 4 atom stereocenters. The average Bonchev–Trinajstić information content (AvgIpc) is 3.41. The fourth-order valence-electron chi connectivity index (χ4n) is 5.94. The summed E-state index contributed by atoms with van der Waals surface area (Å²) in [5, 5.41) is 13.1. The Morgan fingerprint density at radius 2 is 1.81 bits per heavy atom. The molecule has 12 heteroatoms. The number of carboxylic acid groups (broad SMARTS) is 1. The molecule has 0 unspecified atom stereocenters. The third kappa shape index (κ3) is 6.54. The Labute approximate surface area is 252 Å². The largest absolute Gasteiger partial charge is 0.465 e. The molecular formula is C31H43F3N4O4Si. The molecule has 1 aliphatic heterocycles. The smallest absolute Gasteiger partial charge is 0.414 e. The van der Waals surface area contributed by atoms with Crippen molar-refractivity contribution >= 4 is 26.0 Å². The first-order valence-electron chi connectivity index (χ1n) is 14.6. The van der Waals surface area contributed by atoms with Crippen molar-refractivity contribution in [3.63, 3.8) is 0 Å². The second-order valence-corrected chi connectivity index (χ2v) is 18.6. The Morgan fingerprint density at radius 3 is 2.35 bits per heavy atom. The van der Waals surface area contributed by atoms with Crippen LogP contribution in [0.3, 0.4) is 0 Å². The van der Waals surface area contributed by atoms with Gasteiger partial charge >= 0.3 is 12.3 Å². The third-order valence-corrected chi connectivity index (χ3v) is 14.1. The van der Waals surface area contributed by atoms with E-state index in [1.54, 1.807) is 6.07 Å². The number of fused-ring (bicyclic) bond motifs is 1. The number of rotatable bonds is 7. The van der Waals surface area contributed by atoms with Crippen molar-refractivity contribution in [1.29, 1.82) is 0 Å². The van der Waals surface area contributed by atoms with E-state index < -0.39 is 44.7 Å². The number of hydrogen-bond acceptors (Lipinski definition) is 5. The molecule has 0 spiro atoms. The first-order chi connectivity index (χ1) is 19.7. The summed E-state index contributed by atoms with van der Waals surface area (Å²) in [5.74, 6) is -0.944. The fraction of sp³-hybridized carbons (Fsp3) is 0.581. The summed E-state index contributed by atoms with van der Waals surface area (Å²) in [6.07, 6.45) is -4.68. The lowest BCUT2D eigenvalue weighted by atomic mass is 9.83. The quantitative estimate of drug-likeness (QED) is 0.339. The molecule has 1 aromatic carbocycles. The van der Waals surface area contributed by atoms with Crippen molar-refractivity contribution in [2.24, 2.45) is 0 Å². The number of halogens is 3. The normalized spacial score (nSPS) is 22.7. The Kier molecular flexibility index (Phi) is 8.71. The van der Waals surface area contributed by atoms with E-state index in [1.165, 1.54) is 23.4 Å². The van der Waals surface area contributed by atoms with E-state index in [4.69, 9.17) is 4.43 Å². The van der Waals surface area contributed by atoms with Gasteiger partial charge < -0.3 is 19.7 Å². The number of likely N-dealkylation sites (N-methyl/N-ethyl adjacent to an activating group) is 1. The molecule has 1 aliphatic carbocycles. The number of carbonyl (C=O) groups is 2. The number of anilines is 1. The molecule has 0 radical (unpaired) electrons. The number of benzene rings is 1.